The van der Waals surface area contributed by atoms with Crippen LogP contribution >= 0.6 is 11.8 Å². The van der Waals surface area contributed by atoms with Crippen LogP contribution in [0.15, 0.2) is 35.6 Å². The fourth-order valence-electron chi connectivity index (χ4n) is 1.44. The van der Waals surface area contributed by atoms with Gasteiger partial charge in [-0.25, -0.2) is 14.4 Å². The van der Waals surface area contributed by atoms with Gasteiger partial charge in [0, 0.05) is 29.8 Å². The first-order valence-electron chi connectivity index (χ1n) is 5.20. The Morgan fingerprint density at radius 3 is 2.79 bits per heavy atom. The van der Waals surface area contributed by atoms with Crippen molar-refractivity contribution in [3.8, 4) is 0 Å². The Hall–Kier alpha value is -2.22. The van der Waals surface area contributed by atoms with Gasteiger partial charge in [-0.2, -0.15) is 0 Å². The predicted octanol–water partition coefficient (Wildman–Crippen LogP) is 2.40. The van der Waals surface area contributed by atoms with E-state index in [-0.39, 0.29) is 22.8 Å². The summed E-state index contributed by atoms with van der Waals surface area (Å²) in [6, 6.07) is 3.34. The normalized spacial score (nSPS) is 10.4. The van der Waals surface area contributed by atoms with E-state index in [9.17, 15) is 14.5 Å². The molecule has 0 fully saturated rings. The van der Waals surface area contributed by atoms with Crippen LogP contribution in [0.1, 0.15) is 5.56 Å². The smallest absolute Gasteiger partial charge is 0.273 e. The second kappa shape index (κ2) is 5.61. The monoisotopic (exact) mass is 280 g/mol. The maximum Gasteiger partial charge on any atom is 0.273 e. The molecule has 0 spiro atoms. The highest BCUT2D eigenvalue weighted by Gasteiger charge is 2.15. The number of benzene rings is 1. The number of nitro benzene ring substituents is 1. The van der Waals surface area contributed by atoms with E-state index in [1.54, 1.807) is 0 Å². The molecule has 8 heteroatoms. The van der Waals surface area contributed by atoms with E-state index in [1.165, 1.54) is 24.2 Å². The molecule has 6 nitrogen and oxygen atoms in total. The molecule has 0 aliphatic rings. The number of aromatic nitrogens is 2. The maximum absolute atomic E-state index is 13.1. The number of nitro groups is 1. The highest BCUT2D eigenvalue weighted by molar-refractivity contribution is 7.98. The third-order valence-electron chi connectivity index (χ3n) is 2.29. The van der Waals surface area contributed by atoms with Crippen LogP contribution in [0, 0.1) is 15.9 Å². The van der Waals surface area contributed by atoms with Gasteiger partial charge in [0.1, 0.15) is 10.8 Å². The summed E-state index contributed by atoms with van der Waals surface area (Å²) in [6.07, 6.45) is 2.92. The molecule has 98 valence electrons. The summed E-state index contributed by atoms with van der Waals surface area (Å²) in [5.41, 5.74) is 5.76. The number of hydrogen-bond acceptors (Lipinski definition) is 6. The van der Waals surface area contributed by atoms with Gasteiger partial charge in [0.2, 0.25) is 0 Å². The minimum absolute atomic E-state index is 0.128. The highest BCUT2D eigenvalue weighted by atomic mass is 32.2. The van der Waals surface area contributed by atoms with Crippen molar-refractivity contribution in [2.45, 2.75) is 10.8 Å². The Morgan fingerprint density at radius 2 is 2.11 bits per heavy atom. The summed E-state index contributed by atoms with van der Waals surface area (Å²) in [4.78, 5) is 18.1. The van der Waals surface area contributed by atoms with Crippen LogP contribution in [-0.4, -0.2) is 14.9 Å². The number of rotatable bonds is 4. The Morgan fingerprint density at radius 1 is 1.37 bits per heavy atom. The lowest BCUT2D eigenvalue weighted by molar-refractivity contribution is -0.385. The second-order valence-corrected chi connectivity index (χ2v) is 4.53. The van der Waals surface area contributed by atoms with Gasteiger partial charge in [-0.05, 0) is 12.1 Å². The molecule has 0 unspecified atom stereocenters. The van der Waals surface area contributed by atoms with E-state index in [2.05, 4.69) is 9.97 Å². The molecule has 1 aromatic heterocycles. The van der Waals surface area contributed by atoms with Crippen LogP contribution in [-0.2, 0) is 5.75 Å². The molecule has 0 aliphatic carbocycles. The molecule has 2 rings (SSSR count). The van der Waals surface area contributed by atoms with E-state index in [0.29, 0.717) is 5.03 Å². The van der Waals surface area contributed by atoms with Gasteiger partial charge in [0.05, 0.1) is 4.92 Å². The number of nitrogen functional groups attached to an aromatic ring is 1. The minimum atomic E-state index is -0.546. The standard InChI is InChI=1S/C11H9FN4O2S/c12-8-1-2-9(16(17)18)7(5-8)6-19-11-10(13)14-3-4-15-11/h1-5H,6H2,(H2,13,14). The Balaban J connectivity index is 2.22. The molecule has 1 aromatic carbocycles. The molecule has 0 atom stereocenters. The molecule has 0 aliphatic heterocycles. The van der Waals surface area contributed by atoms with Gasteiger partial charge in [0.15, 0.2) is 5.82 Å². The van der Waals surface area contributed by atoms with E-state index < -0.39 is 10.7 Å². The predicted molar refractivity (Wildman–Crippen MR) is 69.1 cm³/mol. The maximum atomic E-state index is 13.1. The van der Waals surface area contributed by atoms with Crippen molar-refractivity contribution in [3.05, 3.63) is 52.1 Å². The zero-order valence-electron chi connectivity index (χ0n) is 9.62. The molecule has 2 N–H and O–H groups in total. The molecule has 0 amide bonds. The fraction of sp³-hybridized carbons (Fsp3) is 0.0909. The van der Waals surface area contributed by atoms with Crippen molar-refractivity contribution in [3.63, 3.8) is 0 Å². The quantitative estimate of drug-likeness (QED) is 0.525. The van der Waals surface area contributed by atoms with Crippen molar-refractivity contribution in [1.29, 1.82) is 0 Å². The summed E-state index contributed by atoms with van der Waals surface area (Å²) in [5, 5.41) is 11.3. The zero-order valence-corrected chi connectivity index (χ0v) is 10.4. The lowest BCUT2D eigenvalue weighted by Crippen LogP contribution is -1.97. The summed E-state index contributed by atoms with van der Waals surface area (Å²) in [6.45, 7) is 0. The van der Waals surface area contributed by atoms with Crippen molar-refractivity contribution in [2.75, 3.05) is 5.73 Å². The molecule has 0 bridgehead atoms. The molecule has 0 radical (unpaired) electrons. The van der Waals surface area contributed by atoms with Crippen LogP contribution in [0.25, 0.3) is 0 Å². The molecule has 1 heterocycles. The topological polar surface area (TPSA) is 94.9 Å². The van der Waals surface area contributed by atoms with E-state index in [0.717, 1.165) is 18.2 Å². The van der Waals surface area contributed by atoms with E-state index >= 15 is 0 Å². The molecule has 0 saturated heterocycles. The summed E-state index contributed by atoms with van der Waals surface area (Å²) in [7, 11) is 0. The van der Waals surface area contributed by atoms with Crippen LogP contribution in [0.5, 0.6) is 0 Å². The number of anilines is 1. The third kappa shape index (κ3) is 3.16. The summed E-state index contributed by atoms with van der Waals surface area (Å²) in [5.74, 6) is -0.0865. The van der Waals surface area contributed by atoms with Gasteiger partial charge < -0.3 is 5.73 Å². The first-order chi connectivity index (χ1) is 9.08. The second-order valence-electron chi connectivity index (χ2n) is 3.57. The average molecular weight is 280 g/mol. The first kappa shape index (κ1) is 13.2. The lowest BCUT2D eigenvalue weighted by atomic mass is 10.2. The van der Waals surface area contributed by atoms with Crippen LogP contribution < -0.4 is 5.73 Å². The molecule has 0 saturated carbocycles. The van der Waals surface area contributed by atoms with Crippen molar-refractivity contribution in [2.24, 2.45) is 0 Å². The third-order valence-corrected chi connectivity index (χ3v) is 3.34. The van der Waals surface area contributed by atoms with Gasteiger partial charge in [-0.3, -0.25) is 10.1 Å². The van der Waals surface area contributed by atoms with E-state index in [4.69, 9.17) is 5.73 Å². The molecule has 19 heavy (non-hydrogen) atoms. The SMILES string of the molecule is Nc1nccnc1SCc1cc(F)ccc1[N+](=O)[O-]. The zero-order chi connectivity index (χ0) is 13.8. The lowest BCUT2D eigenvalue weighted by Gasteiger charge is -2.04. The largest absolute Gasteiger partial charge is 0.381 e. The van der Waals surface area contributed by atoms with Crippen molar-refractivity contribution < 1.29 is 9.31 Å². The Bertz CT molecular complexity index is 623. The van der Waals surface area contributed by atoms with Crippen LogP contribution in [0.2, 0.25) is 0 Å². The minimum Gasteiger partial charge on any atom is -0.381 e. The van der Waals surface area contributed by atoms with Crippen molar-refractivity contribution in [1.82, 2.24) is 9.97 Å². The molecular weight excluding hydrogens is 271 g/mol. The summed E-state index contributed by atoms with van der Waals surface area (Å²) < 4.78 is 13.1. The number of halogens is 1. The van der Waals surface area contributed by atoms with Gasteiger partial charge in [0.25, 0.3) is 5.69 Å². The number of nitrogens with zero attached hydrogens (tertiary/aromatic N) is 3. The highest BCUT2D eigenvalue weighted by Crippen LogP contribution is 2.29. The number of hydrogen-bond donors (Lipinski definition) is 1. The van der Waals surface area contributed by atoms with Crippen molar-refractivity contribution >= 4 is 23.3 Å². The van der Waals surface area contributed by atoms with Gasteiger partial charge >= 0.3 is 0 Å². The van der Waals surface area contributed by atoms with E-state index in [1.807, 2.05) is 0 Å². The summed E-state index contributed by atoms with van der Waals surface area (Å²) >= 11 is 1.17. The van der Waals surface area contributed by atoms with Crippen LogP contribution in [0.3, 0.4) is 0 Å². The number of thioether (sulfide) groups is 1. The number of nitrogens with two attached hydrogens (primary N) is 1. The van der Waals surface area contributed by atoms with Crippen LogP contribution in [0.4, 0.5) is 15.9 Å². The fourth-order valence-corrected chi connectivity index (χ4v) is 2.30. The first-order valence-corrected chi connectivity index (χ1v) is 6.18. The molecular formula is C11H9FN4O2S. The average Bonchev–Trinajstić information content (AvgIpc) is 2.37. The van der Waals surface area contributed by atoms with Gasteiger partial charge in [-0.1, -0.05) is 11.8 Å². The Labute approximate surface area is 112 Å². The Kier molecular flexibility index (Phi) is 3.91. The molecule has 2 aromatic rings. The van der Waals surface area contributed by atoms with Gasteiger partial charge in [-0.15, -0.1) is 0 Å².